The first kappa shape index (κ1) is 22.0. The summed E-state index contributed by atoms with van der Waals surface area (Å²) in [4.78, 5) is 29.2. The van der Waals surface area contributed by atoms with Crippen LogP contribution < -0.4 is 10.6 Å². The third-order valence-corrected chi connectivity index (χ3v) is 6.30. The van der Waals surface area contributed by atoms with Crippen LogP contribution in [-0.4, -0.2) is 36.8 Å². The van der Waals surface area contributed by atoms with Crippen LogP contribution in [-0.2, 0) is 22.6 Å². The molecule has 0 saturated heterocycles. The SMILES string of the molecule is CCn1c(CC(=O)Nc2ccccc2C)nnc1S[C@H](C)C(=O)Nc1nc(C)cs1. The van der Waals surface area contributed by atoms with Gasteiger partial charge in [-0.15, -0.1) is 21.5 Å². The lowest BCUT2D eigenvalue weighted by molar-refractivity contribution is -0.116. The quantitative estimate of drug-likeness (QED) is 0.514. The van der Waals surface area contributed by atoms with Gasteiger partial charge in [0.2, 0.25) is 11.8 Å². The van der Waals surface area contributed by atoms with E-state index in [1.807, 2.05) is 55.0 Å². The van der Waals surface area contributed by atoms with Gasteiger partial charge in [0, 0.05) is 17.6 Å². The molecule has 1 aromatic carbocycles. The molecule has 3 rings (SSSR count). The van der Waals surface area contributed by atoms with Crippen molar-refractivity contribution in [3.63, 3.8) is 0 Å². The van der Waals surface area contributed by atoms with Crippen molar-refractivity contribution in [2.45, 2.75) is 51.1 Å². The van der Waals surface area contributed by atoms with E-state index in [1.54, 1.807) is 6.92 Å². The number of benzene rings is 1. The smallest absolute Gasteiger partial charge is 0.239 e. The van der Waals surface area contributed by atoms with Crippen molar-refractivity contribution in [1.29, 1.82) is 0 Å². The highest BCUT2D eigenvalue weighted by Crippen LogP contribution is 2.24. The Morgan fingerprint density at radius 1 is 1.20 bits per heavy atom. The first-order valence-electron chi connectivity index (χ1n) is 9.54. The van der Waals surface area contributed by atoms with E-state index in [-0.39, 0.29) is 18.2 Å². The summed E-state index contributed by atoms with van der Waals surface area (Å²) in [5.41, 5.74) is 2.65. The number of aromatic nitrogens is 4. The van der Waals surface area contributed by atoms with E-state index in [1.165, 1.54) is 23.1 Å². The van der Waals surface area contributed by atoms with Gasteiger partial charge in [-0.3, -0.25) is 9.59 Å². The molecular weight excluding hydrogens is 420 g/mol. The van der Waals surface area contributed by atoms with Crippen LogP contribution in [0.5, 0.6) is 0 Å². The number of amides is 2. The zero-order chi connectivity index (χ0) is 21.7. The number of thiazole rings is 1. The summed E-state index contributed by atoms with van der Waals surface area (Å²) >= 11 is 2.70. The van der Waals surface area contributed by atoms with E-state index in [9.17, 15) is 9.59 Å². The monoisotopic (exact) mass is 444 g/mol. The van der Waals surface area contributed by atoms with Gasteiger partial charge in [0.05, 0.1) is 17.4 Å². The van der Waals surface area contributed by atoms with E-state index in [0.717, 1.165) is 16.9 Å². The number of hydrogen-bond acceptors (Lipinski definition) is 7. The molecule has 0 unspecified atom stereocenters. The minimum atomic E-state index is -0.391. The summed E-state index contributed by atoms with van der Waals surface area (Å²) in [5.74, 6) is 0.251. The number of carbonyl (C=O) groups excluding carboxylic acids is 2. The van der Waals surface area contributed by atoms with Gasteiger partial charge in [-0.25, -0.2) is 4.98 Å². The largest absolute Gasteiger partial charge is 0.325 e. The average molecular weight is 445 g/mol. The van der Waals surface area contributed by atoms with Crippen molar-refractivity contribution in [3.05, 3.63) is 46.7 Å². The topological polar surface area (TPSA) is 102 Å². The van der Waals surface area contributed by atoms with Gasteiger partial charge >= 0.3 is 0 Å². The number of rotatable bonds is 8. The standard InChI is InChI=1S/C20H24N6O2S2/c1-5-26-16(10-17(27)22-15-9-7-6-8-12(15)2)24-25-20(26)30-14(4)18(28)23-19-21-13(3)11-29-19/h6-9,11,14H,5,10H2,1-4H3,(H,22,27)(H,21,23,28)/t14-/m1/s1. The highest BCUT2D eigenvalue weighted by Gasteiger charge is 2.21. The Morgan fingerprint density at radius 3 is 2.63 bits per heavy atom. The zero-order valence-corrected chi connectivity index (χ0v) is 18.9. The van der Waals surface area contributed by atoms with Crippen molar-refractivity contribution in [1.82, 2.24) is 19.7 Å². The van der Waals surface area contributed by atoms with Crippen LogP contribution in [0.4, 0.5) is 10.8 Å². The maximum atomic E-state index is 12.5. The summed E-state index contributed by atoms with van der Waals surface area (Å²) in [5, 5.41) is 16.8. The summed E-state index contributed by atoms with van der Waals surface area (Å²) in [6, 6.07) is 7.61. The third kappa shape index (κ3) is 5.45. The van der Waals surface area contributed by atoms with E-state index in [0.29, 0.717) is 22.7 Å². The average Bonchev–Trinajstić information content (AvgIpc) is 3.28. The molecule has 0 aliphatic rings. The minimum absolute atomic E-state index is 0.106. The van der Waals surface area contributed by atoms with Gasteiger partial charge in [0.25, 0.3) is 0 Å². The Labute approximate surface area is 183 Å². The molecule has 0 spiro atoms. The molecule has 158 valence electrons. The molecule has 2 N–H and O–H groups in total. The first-order chi connectivity index (χ1) is 14.4. The maximum Gasteiger partial charge on any atom is 0.239 e. The fourth-order valence-corrected chi connectivity index (χ4v) is 4.36. The highest BCUT2D eigenvalue weighted by molar-refractivity contribution is 8.00. The van der Waals surface area contributed by atoms with Crippen LogP contribution in [0.2, 0.25) is 0 Å². The Kier molecular flexibility index (Phi) is 7.22. The Balaban J connectivity index is 1.63. The second-order valence-electron chi connectivity index (χ2n) is 6.73. The van der Waals surface area contributed by atoms with Crippen molar-refractivity contribution in [2.24, 2.45) is 0 Å². The molecule has 3 aromatic rings. The lowest BCUT2D eigenvalue weighted by Crippen LogP contribution is -2.23. The molecule has 8 nitrogen and oxygen atoms in total. The summed E-state index contributed by atoms with van der Waals surface area (Å²) in [6.45, 7) is 8.19. The number of carbonyl (C=O) groups is 2. The number of nitrogens with one attached hydrogen (secondary N) is 2. The number of anilines is 2. The molecule has 0 radical (unpaired) electrons. The van der Waals surface area contributed by atoms with E-state index < -0.39 is 5.25 Å². The number of aryl methyl sites for hydroxylation is 2. The van der Waals surface area contributed by atoms with Crippen molar-refractivity contribution < 1.29 is 9.59 Å². The van der Waals surface area contributed by atoms with E-state index in [4.69, 9.17) is 0 Å². The Hall–Kier alpha value is -2.72. The molecule has 0 aliphatic carbocycles. The van der Waals surface area contributed by atoms with Crippen LogP contribution in [0.25, 0.3) is 0 Å². The maximum absolute atomic E-state index is 12.5. The molecule has 1 atom stereocenters. The van der Waals surface area contributed by atoms with Crippen LogP contribution in [0.1, 0.15) is 30.9 Å². The zero-order valence-electron chi connectivity index (χ0n) is 17.3. The van der Waals surface area contributed by atoms with Crippen molar-refractivity contribution >= 4 is 45.7 Å². The van der Waals surface area contributed by atoms with Crippen LogP contribution in [0.3, 0.4) is 0 Å². The van der Waals surface area contributed by atoms with E-state index >= 15 is 0 Å². The van der Waals surface area contributed by atoms with Gasteiger partial charge in [0.1, 0.15) is 5.82 Å². The van der Waals surface area contributed by atoms with Gasteiger partial charge in [0.15, 0.2) is 10.3 Å². The van der Waals surface area contributed by atoms with Crippen LogP contribution in [0.15, 0.2) is 34.8 Å². The molecule has 2 heterocycles. The van der Waals surface area contributed by atoms with Gasteiger partial charge < -0.3 is 15.2 Å². The summed E-state index contributed by atoms with van der Waals surface area (Å²) < 4.78 is 1.86. The molecule has 0 aliphatic heterocycles. The number of thioether (sulfide) groups is 1. The fourth-order valence-electron chi connectivity index (χ4n) is 2.74. The third-order valence-electron chi connectivity index (χ3n) is 4.35. The molecule has 0 fully saturated rings. The van der Waals surface area contributed by atoms with Gasteiger partial charge in [-0.2, -0.15) is 0 Å². The van der Waals surface area contributed by atoms with E-state index in [2.05, 4.69) is 25.8 Å². The van der Waals surface area contributed by atoms with Gasteiger partial charge in [-0.05, 0) is 39.3 Å². The molecule has 0 bridgehead atoms. The van der Waals surface area contributed by atoms with Crippen molar-refractivity contribution in [2.75, 3.05) is 10.6 Å². The Bertz CT molecular complexity index is 1050. The molecule has 10 heteroatoms. The Morgan fingerprint density at radius 2 is 1.97 bits per heavy atom. The predicted octanol–water partition coefficient (Wildman–Crippen LogP) is 3.67. The first-order valence-corrected chi connectivity index (χ1v) is 11.3. The fraction of sp³-hybridized carbons (Fsp3) is 0.350. The minimum Gasteiger partial charge on any atom is -0.325 e. The predicted molar refractivity (Wildman–Crippen MR) is 120 cm³/mol. The van der Waals surface area contributed by atoms with Gasteiger partial charge in [-0.1, -0.05) is 30.0 Å². The number of hydrogen-bond donors (Lipinski definition) is 2. The lowest BCUT2D eigenvalue weighted by atomic mass is 10.2. The molecule has 2 aromatic heterocycles. The summed E-state index contributed by atoms with van der Waals surface area (Å²) in [6.07, 6.45) is 0.106. The molecule has 30 heavy (non-hydrogen) atoms. The van der Waals surface area contributed by atoms with Crippen LogP contribution >= 0.6 is 23.1 Å². The van der Waals surface area contributed by atoms with Crippen molar-refractivity contribution in [3.8, 4) is 0 Å². The summed E-state index contributed by atoms with van der Waals surface area (Å²) in [7, 11) is 0. The molecule has 0 saturated carbocycles. The second-order valence-corrected chi connectivity index (χ2v) is 8.89. The lowest BCUT2D eigenvalue weighted by Gasteiger charge is -2.12. The molecule has 2 amide bonds. The number of nitrogens with zero attached hydrogens (tertiary/aromatic N) is 4. The molecular formula is C20H24N6O2S2. The number of para-hydroxylation sites is 1. The van der Waals surface area contributed by atoms with Crippen LogP contribution in [0, 0.1) is 13.8 Å². The highest BCUT2D eigenvalue weighted by atomic mass is 32.2. The second kappa shape index (κ2) is 9.86. The normalized spacial score (nSPS) is 11.9.